The number of carbonyl (C=O) groups is 2. The highest BCUT2D eigenvalue weighted by molar-refractivity contribution is 5.97. The molecule has 1 saturated carbocycles. The molecule has 2 aromatic heterocycles. The summed E-state index contributed by atoms with van der Waals surface area (Å²) in [5.41, 5.74) is 1.24. The van der Waals surface area contributed by atoms with E-state index in [1.165, 1.54) is 25.3 Å². The smallest absolute Gasteiger partial charge is 0.185 e. The van der Waals surface area contributed by atoms with Crippen molar-refractivity contribution in [2.24, 2.45) is 5.41 Å². The van der Waals surface area contributed by atoms with Crippen LogP contribution >= 0.6 is 0 Å². The van der Waals surface area contributed by atoms with Crippen molar-refractivity contribution in [1.29, 1.82) is 0 Å². The fourth-order valence-corrected chi connectivity index (χ4v) is 6.83. The first-order chi connectivity index (χ1) is 19.9. The number of benzene rings is 1. The molecule has 0 atom stereocenters. The van der Waals surface area contributed by atoms with Crippen molar-refractivity contribution >= 4 is 11.6 Å². The zero-order valence-electron chi connectivity index (χ0n) is 25.2. The number of hydrogen-bond acceptors (Lipinski definition) is 7. The van der Waals surface area contributed by atoms with Gasteiger partial charge in [-0.05, 0) is 51.8 Å². The molecule has 0 unspecified atom stereocenters. The molecule has 0 amide bonds. The second-order valence-corrected chi connectivity index (χ2v) is 13.2. The second-order valence-electron chi connectivity index (χ2n) is 13.2. The van der Waals surface area contributed by atoms with Crippen molar-refractivity contribution in [3.63, 3.8) is 0 Å². The standard InChI is InChI=1S/C33H40F2N4O3/c1-20-13-21(2)37-31(36-20)32(4,5)15-25(40)16-33(18-39(19-33)24-9-7-6-8-10-24)17-28(41)29-22(3)30(42-38-29)26-12-11-23(34)14-27(26)35/h11-14,24H,6-10,15-19H2,1-5H3. The van der Waals surface area contributed by atoms with Gasteiger partial charge in [-0.2, -0.15) is 0 Å². The minimum atomic E-state index is -0.784. The van der Waals surface area contributed by atoms with Gasteiger partial charge in [-0.3, -0.25) is 14.5 Å². The molecule has 0 spiro atoms. The Morgan fingerprint density at radius 3 is 2.31 bits per heavy atom. The van der Waals surface area contributed by atoms with E-state index in [4.69, 9.17) is 4.52 Å². The van der Waals surface area contributed by atoms with E-state index >= 15 is 0 Å². The molecular formula is C33H40F2N4O3. The third kappa shape index (κ3) is 6.36. The maximum absolute atomic E-state index is 14.5. The number of likely N-dealkylation sites (tertiary alicyclic amines) is 1. The summed E-state index contributed by atoms with van der Waals surface area (Å²) in [4.78, 5) is 39.0. The van der Waals surface area contributed by atoms with E-state index in [-0.39, 0.29) is 47.8 Å². The van der Waals surface area contributed by atoms with Crippen LogP contribution in [-0.2, 0) is 10.2 Å². The van der Waals surface area contributed by atoms with Crippen molar-refractivity contribution < 1.29 is 22.9 Å². The Labute approximate surface area is 246 Å². The number of nitrogens with zero attached hydrogens (tertiary/aromatic N) is 4. The van der Waals surface area contributed by atoms with Crippen molar-refractivity contribution in [2.45, 2.75) is 97.4 Å². The number of carbonyl (C=O) groups excluding carboxylic acids is 2. The van der Waals surface area contributed by atoms with Crippen LogP contribution in [0.2, 0.25) is 0 Å². The van der Waals surface area contributed by atoms with Gasteiger partial charge in [-0.1, -0.05) is 38.3 Å². The zero-order chi connectivity index (χ0) is 30.2. The summed E-state index contributed by atoms with van der Waals surface area (Å²) in [6, 6.07) is 5.60. The summed E-state index contributed by atoms with van der Waals surface area (Å²) in [5.74, 6) is -0.893. The Morgan fingerprint density at radius 2 is 1.67 bits per heavy atom. The summed E-state index contributed by atoms with van der Waals surface area (Å²) in [6.07, 6.45) is 6.63. The van der Waals surface area contributed by atoms with Crippen molar-refractivity contribution in [3.8, 4) is 11.3 Å². The highest BCUT2D eigenvalue weighted by Crippen LogP contribution is 2.44. The number of halogens is 2. The summed E-state index contributed by atoms with van der Waals surface area (Å²) in [7, 11) is 0. The molecule has 0 bridgehead atoms. The fourth-order valence-electron chi connectivity index (χ4n) is 6.83. The van der Waals surface area contributed by atoms with Crippen molar-refractivity contribution in [3.05, 3.63) is 64.4 Å². The summed E-state index contributed by atoms with van der Waals surface area (Å²) >= 11 is 0. The Balaban J connectivity index is 1.35. The first-order valence-corrected chi connectivity index (χ1v) is 14.9. The Hall–Kier alpha value is -3.33. The van der Waals surface area contributed by atoms with Gasteiger partial charge in [-0.25, -0.2) is 18.7 Å². The molecule has 3 heterocycles. The van der Waals surface area contributed by atoms with E-state index < -0.39 is 22.5 Å². The van der Waals surface area contributed by atoms with Gasteiger partial charge in [0.25, 0.3) is 0 Å². The van der Waals surface area contributed by atoms with Crippen LogP contribution in [0.15, 0.2) is 28.8 Å². The maximum Gasteiger partial charge on any atom is 0.185 e. The van der Waals surface area contributed by atoms with Gasteiger partial charge < -0.3 is 4.52 Å². The molecule has 7 nitrogen and oxygen atoms in total. The minimum Gasteiger partial charge on any atom is -0.355 e. The van der Waals surface area contributed by atoms with Gasteiger partial charge >= 0.3 is 0 Å². The highest BCUT2D eigenvalue weighted by atomic mass is 19.1. The van der Waals surface area contributed by atoms with Crippen LogP contribution < -0.4 is 0 Å². The lowest BCUT2D eigenvalue weighted by Crippen LogP contribution is -2.61. The highest BCUT2D eigenvalue weighted by Gasteiger charge is 2.49. The number of Topliss-reactive ketones (excluding diaryl/α,β-unsaturated/α-hetero) is 2. The van der Waals surface area contributed by atoms with Crippen LogP contribution in [0, 0.1) is 37.8 Å². The molecule has 0 radical (unpaired) electrons. The average Bonchev–Trinajstić information content (AvgIpc) is 3.27. The van der Waals surface area contributed by atoms with Crippen LogP contribution in [0.1, 0.15) is 98.5 Å². The summed E-state index contributed by atoms with van der Waals surface area (Å²) in [6.45, 7) is 10.8. The summed E-state index contributed by atoms with van der Waals surface area (Å²) in [5, 5.41) is 4.00. The molecule has 2 aliphatic rings. The quantitative estimate of drug-likeness (QED) is 0.243. The van der Waals surface area contributed by atoms with Crippen LogP contribution in [0.25, 0.3) is 11.3 Å². The topological polar surface area (TPSA) is 89.2 Å². The fraction of sp³-hybridized carbons (Fsp3) is 0.545. The van der Waals surface area contributed by atoms with Crippen LogP contribution in [0.3, 0.4) is 0 Å². The Morgan fingerprint density at radius 1 is 1.00 bits per heavy atom. The van der Waals surface area contributed by atoms with Crippen molar-refractivity contribution in [1.82, 2.24) is 20.0 Å². The Bertz CT molecular complexity index is 1470. The van der Waals surface area contributed by atoms with E-state index in [0.29, 0.717) is 30.5 Å². The first kappa shape index (κ1) is 30.1. The van der Waals surface area contributed by atoms with Gasteiger partial charge in [0.1, 0.15) is 23.2 Å². The molecule has 42 heavy (non-hydrogen) atoms. The van der Waals surface area contributed by atoms with E-state index in [9.17, 15) is 18.4 Å². The van der Waals surface area contributed by atoms with Gasteiger partial charge in [0, 0.05) is 72.2 Å². The van der Waals surface area contributed by atoms with Gasteiger partial charge in [-0.15, -0.1) is 0 Å². The molecule has 2 fully saturated rings. The van der Waals surface area contributed by atoms with E-state index in [2.05, 4.69) is 20.0 Å². The van der Waals surface area contributed by atoms with Crippen LogP contribution in [-0.4, -0.2) is 50.7 Å². The first-order valence-electron chi connectivity index (χ1n) is 14.9. The molecule has 5 rings (SSSR count). The molecule has 224 valence electrons. The van der Waals surface area contributed by atoms with E-state index in [1.807, 2.05) is 33.8 Å². The summed E-state index contributed by atoms with van der Waals surface area (Å²) < 4.78 is 33.3. The molecule has 3 aromatic rings. The van der Waals surface area contributed by atoms with Gasteiger partial charge in [0.2, 0.25) is 0 Å². The Kier molecular flexibility index (Phi) is 8.43. The monoisotopic (exact) mass is 578 g/mol. The molecule has 0 N–H and O–H groups in total. The minimum absolute atomic E-state index is 0.0493. The van der Waals surface area contributed by atoms with Crippen molar-refractivity contribution in [2.75, 3.05) is 13.1 Å². The van der Waals surface area contributed by atoms with Crippen LogP contribution in [0.5, 0.6) is 0 Å². The largest absolute Gasteiger partial charge is 0.355 e. The number of ketones is 2. The lowest BCUT2D eigenvalue weighted by atomic mass is 9.68. The number of hydrogen-bond donors (Lipinski definition) is 0. The molecule has 1 aromatic carbocycles. The molecule has 9 heteroatoms. The number of aryl methyl sites for hydroxylation is 2. The number of aromatic nitrogens is 3. The second kappa shape index (κ2) is 11.7. The third-order valence-corrected chi connectivity index (χ3v) is 8.87. The molecule has 1 saturated heterocycles. The lowest BCUT2D eigenvalue weighted by Gasteiger charge is -2.54. The predicted molar refractivity (Wildman–Crippen MR) is 155 cm³/mol. The SMILES string of the molecule is Cc1cc(C)nc(C(C)(C)CC(=O)CC2(CC(=O)c3noc(-c4ccc(F)cc4F)c3C)CN(C3CCCCC3)C2)n1. The molecular weight excluding hydrogens is 538 g/mol. The van der Waals surface area contributed by atoms with Crippen LogP contribution in [0.4, 0.5) is 8.78 Å². The van der Waals surface area contributed by atoms with E-state index in [0.717, 1.165) is 36.4 Å². The molecule has 1 aliphatic carbocycles. The average molecular weight is 579 g/mol. The molecule has 1 aliphatic heterocycles. The third-order valence-electron chi connectivity index (χ3n) is 8.87. The van der Waals surface area contributed by atoms with E-state index in [1.54, 1.807) is 6.92 Å². The predicted octanol–water partition coefficient (Wildman–Crippen LogP) is 6.87. The lowest BCUT2D eigenvalue weighted by molar-refractivity contribution is -0.127. The zero-order valence-corrected chi connectivity index (χ0v) is 25.2. The van der Waals surface area contributed by atoms with Gasteiger partial charge in [0.05, 0.1) is 5.56 Å². The normalized spacial score (nSPS) is 17.7. The number of rotatable bonds is 10. The maximum atomic E-state index is 14.5. The van der Waals surface area contributed by atoms with Gasteiger partial charge in [0.15, 0.2) is 17.2 Å².